The van der Waals surface area contributed by atoms with Gasteiger partial charge < -0.3 is 5.11 Å². The Balaban J connectivity index is 3.27. The fourth-order valence-corrected chi connectivity index (χ4v) is 2.75. The molecule has 1 N–H and O–H groups in total. The van der Waals surface area contributed by atoms with Crippen LogP contribution in [0.25, 0.3) is 0 Å². The Kier molecular flexibility index (Phi) is 3.08. The molecule has 0 radical (unpaired) electrons. The number of allylic oxidation sites excluding steroid dienone is 2. The first kappa shape index (κ1) is 11.7. The van der Waals surface area contributed by atoms with Crippen molar-refractivity contribution >= 4 is 41.6 Å². The molecular formula is C7H6BrClO4S. The van der Waals surface area contributed by atoms with Gasteiger partial charge in [-0.05, 0) is 0 Å². The van der Waals surface area contributed by atoms with E-state index in [9.17, 15) is 13.2 Å². The average molecular weight is 302 g/mol. The number of hydrogen-bond acceptors (Lipinski definition) is 3. The first-order valence-electron chi connectivity index (χ1n) is 3.51. The van der Waals surface area contributed by atoms with Gasteiger partial charge in [0.05, 0.1) is 0 Å². The van der Waals surface area contributed by atoms with Crippen LogP contribution in [-0.2, 0) is 13.8 Å². The lowest BCUT2D eigenvalue weighted by atomic mass is 10.0. The standard InChI is InChI=1S/C7H6BrClO4S/c8-7(14(9,12)13)4-2-1-3-5(7)6(10)11/h1-5H,(H,10,11). The van der Waals surface area contributed by atoms with Crippen molar-refractivity contribution in [3.05, 3.63) is 24.3 Å². The Morgan fingerprint density at radius 1 is 1.50 bits per heavy atom. The molecule has 2 atom stereocenters. The second-order valence-corrected chi connectivity index (χ2v) is 7.30. The second kappa shape index (κ2) is 3.67. The summed E-state index contributed by atoms with van der Waals surface area (Å²) in [7, 11) is 1.12. The van der Waals surface area contributed by atoms with Crippen molar-refractivity contribution in [3.8, 4) is 0 Å². The normalized spacial score (nSPS) is 31.7. The van der Waals surface area contributed by atoms with E-state index in [1.807, 2.05) is 0 Å². The van der Waals surface area contributed by atoms with E-state index in [0.717, 1.165) is 0 Å². The van der Waals surface area contributed by atoms with Crippen LogP contribution in [0, 0.1) is 5.92 Å². The van der Waals surface area contributed by atoms with Crippen LogP contribution in [0.5, 0.6) is 0 Å². The van der Waals surface area contributed by atoms with Crippen molar-refractivity contribution in [2.24, 2.45) is 5.92 Å². The van der Waals surface area contributed by atoms with Crippen LogP contribution in [0.2, 0.25) is 0 Å². The molecule has 0 saturated heterocycles. The van der Waals surface area contributed by atoms with Crippen LogP contribution in [0.15, 0.2) is 24.3 Å². The van der Waals surface area contributed by atoms with E-state index in [-0.39, 0.29) is 0 Å². The van der Waals surface area contributed by atoms with Crippen LogP contribution in [0.1, 0.15) is 0 Å². The number of alkyl halides is 1. The van der Waals surface area contributed by atoms with Gasteiger partial charge >= 0.3 is 5.97 Å². The Bertz CT molecular complexity index is 413. The van der Waals surface area contributed by atoms with Crippen molar-refractivity contribution < 1.29 is 18.3 Å². The molecular weight excluding hydrogens is 295 g/mol. The van der Waals surface area contributed by atoms with Crippen LogP contribution in [0.3, 0.4) is 0 Å². The van der Waals surface area contributed by atoms with E-state index in [1.165, 1.54) is 24.3 Å². The van der Waals surface area contributed by atoms with Crippen LogP contribution in [-0.4, -0.2) is 23.1 Å². The van der Waals surface area contributed by atoms with Gasteiger partial charge in [-0.2, -0.15) is 0 Å². The lowest BCUT2D eigenvalue weighted by Crippen LogP contribution is -2.39. The largest absolute Gasteiger partial charge is 0.481 e. The highest BCUT2D eigenvalue weighted by Gasteiger charge is 2.48. The second-order valence-electron chi connectivity index (χ2n) is 2.70. The van der Waals surface area contributed by atoms with E-state index < -0.39 is 24.6 Å². The molecule has 0 bridgehead atoms. The SMILES string of the molecule is O=C(O)C1C=CC=CC1(Br)S(=O)(=O)Cl. The quantitative estimate of drug-likeness (QED) is 0.619. The maximum Gasteiger partial charge on any atom is 0.313 e. The zero-order valence-electron chi connectivity index (χ0n) is 6.72. The Hall–Kier alpha value is -0.330. The highest BCUT2D eigenvalue weighted by molar-refractivity contribution is 9.12. The van der Waals surface area contributed by atoms with Gasteiger partial charge in [-0.25, -0.2) is 8.42 Å². The Morgan fingerprint density at radius 2 is 2.07 bits per heavy atom. The molecule has 0 aromatic rings. The zero-order chi connectivity index (χ0) is 11.0. The highest BCUT2D eigenvalue weighted by Crippen LogP contribution is 2.40. The molecule has 14 heavy (non-hydrogen) atoms. The molecule has 0 aromatic carbocycles. The third-order valence-electron chi connectivity index (χ3n) is 1.80. The predicted octanol–water partition coefficient (Wildman–Crippen LogP) is 1.47. The Labute approximate surface area is 93.8 Å². The van der Waals surface area contributed by atoms with E-state index in [2.05, 4.69) is 15.9 Å². The van der Waals surface area contributed by atoms with Gasteiger partial charge in [-0.15, -0.1) is 0 Å². The van der Waals surface area contributed by atoms with Gasteiger partial charge in [-0.1, -0.05) is 40.2 Å². The Morgan fingerprint density at radius 3 is 2.43 bits per heavy atom. The number of aliphatic carboxylic acids is 1. The fraction of sp³-hybridized carbons (Fsp3) is 0.286. The van der Waals surface area contributed by atoms with Crippen LogP contribution < -0.4 is 0 Å². The molecule has 2 unspecified atom stereocenters. The number of hydrogen-bond donors (Lipinski definition) is 1. The van der Waals surface area contributed by atoms with Crippen molar-refractivity contribution in [2.75, 3.05) is 0 Å². The molecule has 0 amide bonds. The van der Waals surface area contributed by atoms with Crippen molar-refractivity contribution in [1.82, 2.24) is 0 Å². The summed E-state index contributed by atoms with van der Waals surface area (Å²) in [5.74, 6) is -2.48. The van der Waals surface area contributed by atoms with Gasteiger partial charge in [0.25, 0.3) is 9.05 Å². The maximum absolute atomic E-state index is 11.2. The monoisotopic (exact) mass is 300 g/mol. The van der Waals surface area contributed by atoms with Crippen molar-refractivity contribution in [3.63, 3.8) is 0 Å². The van der Waals surface area contributed by atoms with E-state index in [4.69, 9.17) is 15.8 Å². The lowest BCUT2D eigenvalue weighted by molar-refractivity contribution is -0.140. The number of rotatable bonds is 2. The third-order valence-corrected chi connectivity index (χ3v) is 6.30. The van der Waals surface area contributed by atoms with Crippen molar-refractivity contribution in [2.45, 2.75) is 3.66 Å². The lowest BCUT2D eigenvalue weighted by Gasteiger charge is -2.26. The fourth-order valence-electron chi connectivity index (χ4n) is 1.08. The summed E-state index contributed by atoms with van der Waals surface area (Å²) in [4.78, 5) is 10.8. The first-order valence-corrected chi connectivity index (χ1v) is 6.61. The van der Waals surface area contributed by atoms with Gasteiger partial charge in [-0.3, -0.25) is 4.79 Å². The maximum atomic E-state index is 11.2. The molecule has 0 aliphatic heterocycles. The summed E-state index contributed by atoms with van der Waals surface area (Å²) in [6.07, 6.45) is 5.35. The minimum Gasteiger partial charge on any atom is -0.481 e. The van der Waals surface area contributed by atoms with Gasteiger partial charge in [0.15, 0.2) is 3.66 Å². The zero-order valence-corrected chi connectivity index (χ0v) is 9.88. The summed E-state index contributed by atoms with van der Waals surface area (Å²) in [6, 6.07) is 0. The van der Waals surface area contributed by atoms with E-state index in [1.54, 1.807) is 0 Å². The van der Waals surface area contributed by atoms with Crippen LogP contribution >= 0.6 is 26.6 Å². The summed E-state index contributed by atoms with van der Waals surface area (Å²) in [5.41, 5.74) is 0. The van der Waals surface area contributed by atoms with Crippen LogP contribution in [0.4, 0.5) is 0 Å². The third kappa shape index (κ3) is 1.87. The van der Waals surface area contributed by atoms with Crippen molar-refractivity contribution in [1.29, 1.82) is 0 Å². The summed E-state index contributed by atoms with van der Waals surface area (Å²) < 4.78 is 20.6. The molecule has 4 nitrogen and oxygen atoms in total. The minimum atomic E-state index is -4.05. The summed E-state index contributed by atoms with van der Waals surface area (Å²) >= 11 is 2.84. The molecule has 1 aliphatic carbocycles. The molecule has 0 spiro atoms. The molecule has 0 fully saturated rings. The minimum absolute atomic E-state index is 1.20. The molecule has 0 heterocycles. The van der Waals surface area contributed by atoms with Gasteiger partial charge in [0, 0.05) is 10.7 Å². The molecule has 0 aromatic heterocycles. The highest BCUT2D eigenvalue weighted by atomic mass is 79.9. The molecule has 7 heteroatoms. The molecule has 1 rings (SSSR count). The smallest absolute Gasteiger partial charge is 0.313 e. The number of carbonyl (C=O) groups is 1. The van der Waals surface area contributed by atoms with E-state index in [0.29, 0.717) is 0 Å². The van der Waals surface area contributed by atoms with Gasteiger partial charge in [0.2, 0.25) is 0 Å². The summed E-state index contributed by atoms with van der Waals surface area (Å²) in [5, 5.41) is 8.80. The number of carboxylic acids is 1. The van der Waals surface area contributed by atoms with E-state index >= 15 is 0 Å². The topological polar surface area (TPSA) is 71.4 Å². The predicted molar refractivity (Wildman–Crippen MR) is 55.8 cm³/mol. The molecule has 78 valence electrons. The summed E-state index contributed by atoms with van der Waals surface area (Å²) in [6.45, 7) is 0. The average Bonchev–Trinajstić information content (AvgIpc) is 2.02. The number of halogens is 2. The number of carboxylic acid groups (broad SMARTS) is 1. The van der Waals surface area contributed by atoms with Gasteiger partial charge in [0.1, 0.15) is 5.92 Å². The molecule has 0 saturated carbocycles. The molecule has 1 aliphatic rings. The first-order chi connectivity index (χ1) is 6.29.